The molecule has 0 aliphatic carbocycles. The highest BCUT2D eigenvalue weighted by atomic mass is 16.7. The van der Waals surface area contributed by atoms with Gasteiger partial charge in [-0.15, -0.1) is 0 Å². The van der Waals surface area contributed by atoms with Gasteiger partial charge in [0.1, 0.15) is 6.10 Å². The molecule has 26 heavy (non-hydrogen) atoms. The van der Waals surface area contributed by atoms with Gasteiger partial charge >= 0.3 is 0 Å². The van der Waals surface area contributed by atoms with Gasteiger partial charge in [-0.25, -0.2) is 0 Å². The number of benzene rings is 2. The molecule has 1 heterocycles. The second kappa shape index (κ2) is 9.05. The van der Waals surface area contributed by atoms with E-state index < -0.39 is 24.6 Å². The van der Waals surface area contributed by atoms with E-state index in [2.05, 4.69) is 0 Å². The molecular formula is C21H24O5. The summed E-state index contributed by atoms with van der Waals surface area (Å²) >= 11 is 0. The molecule has 0 amide bonds. The summed E-state index contributed by atoms with van der Waals surface area (Å²) in [6, 6.07) is 19.4. The summed E-state index contributed by atoms with van der Waals surface area (Å²) in [4.78, 5) is 12.9. The molecule has 3 rings (SSSR count). The van der Waals surface area contributed by atoms with E-state index in [4.69, 9.17) is 18.9 Å². The molecule has 2 aromatic carbocycles. The minimum Gasteiger partial charge on any atom is -0.363 e. The van der Waals surface area contributed by atoms with E-state index in [-0.39, 0.29) is 5.78 Å². The molecule has 2 aromatic rings. The Morgan fingerprint density at radius 3 is 1.85 bits per heavy atom. The SMILES string of the molecule is CO[C@@H]1OC(C)[C@@H](OCc2ccccc2)C(=O)[C@@H]1OCc1ccccc1. The Hall–Kier alpha value is -2.05. The Labute approximate surface area is 153 Å². The fraction of sp³-hybridized carbons (Fsp3) is 0.381. The first-order valence-electron chi connectivity index (χ1n) is 8.72. The Bertz CT molecular complexity index is 688. The Balaban J connectivity index is 1.65. The number of hydrogen-bond acceptors (Lipinski definition) is 5. The lowest BCUT2D eigenvalue weighted by Crippen LogP contribution is -2.56. The predicted octanol–water partition coefficient (Wildman–Crippen LogP) is 3.12. The predicted molar refractivity (Wildman–Crippen MR) is 96.4 cm³/mol. The van der Waals surface area contributed by atoms with Crippen molar-refractivity contribution in [3.63, 3.8) is 0 Å². The van der Waals surface area contributed by atoms with Crippen LogP contribution in [0.5, 0.6) is 0 Å². The molecule has 0 saturated carbocycles. The Morgan fingerprint density at radius 2 is 1.35 bits per heavy atom. The van der Waals surface area contributed by atoms with Crippen LogP contribution in [0.1, 0.15) is 18.1 Å². The standard InChI is InChI=1S/C21H24O5/c1-15-19(24-13-16-9-5-3-6-10-16)18(22)20(21(23-2)26-15)25-14-17-11-7-4-8-12-17/h3-12,15,19-21H,13-14H2,1-2H3/t15?,19-,20+,21-/m1/s1. The van der Waals surface area contributed by atoms with Crippen molar-refractivity contribution in [2.45, 2.75) is 44.7 Å². The average Bonchev–Trinajstić information content (AvgIpc) is 2.68. The van der Waals surface area contributed by atoms with Crippen molar-refractivity contribution in [1.82, 2.24) is 0 Å². The number of carbonyl (C=O) groups is 1. The highest BCUT2D eigenvalue weighted by Gasteiger charge is 2.45. The monoisotopic (exact) mass is 356 g/mol. The van der Waals surface area contributed by atoms with Crippen LogP contribution in [-0.4, -0.2) is 37.5 Å². The Kier molecular flexibility index (Phi) is 6.52. The fourth-order valence-corrected chi connectivity index (χ4v) is 2.96. The van der Waals surface area contributed by atoms with Gasteiger partial charge in [0, 0.05) is 7.11 Å². The van der Waals surface area contributed by atoms with E-state index in [0.717, 1.165) is 11.1 Å². The number of carbonyl (C=O) groups excluding carboxylic acids is 1. The van der Waals surface area contributed by atoms with Crippen LogP contribution in [0, 0.1) is 0 Å². The number of ketones is 1. The third kappa shape index (κ3) is 4.56. The van der Waals surface area contributed by atoms with Crippen molar-refractivity contribution in [3.05, 3.63) is 71.8 Å². The molecule has 0 bridgehead atoms. The van der Waals surface area contributed by atoms with Gasteiger partial charge in [0.05, 0.1) is 19.3 Å². The van der Waals surface area contributed by atoms with E-state index in [1.807, 2.05) is 67.6 Å². The smallest absolute Gasteiger partial charge is 0.198 e. The molecule has 1 fully saturated rings. The van der Waals surface area contributed by atoms with E-state index in [1.165, 1.54) is 7.11 Å². The molecule has 0 N–H and O–H groups in total. The largest absolute Gasteiger partial charge is 0.363 e. The van der Waals surface area contributed by atoms with Crippen LogP contribution in [0.25, 0.3) is 0 Å². The summed E-state index contributed by atoms with van der Waals surface area (Å²) < 4.78 is 22.8. The van der Waals surface area contributed by atoms with Gasteiger partial charge in [-0.1, -0.05) is 60.7 Å². The lowest BCUT2D eigenvalue weighted by atomic mass is 10.0. The molecule has 5 heteroatoms. The third-order valence-corrected chi connectivity index (χ3v) is 4.36. The van der Waals surface area contributed by atoms with Gasteiger partial charge in [0.25, 0.3) is 0 Å². The lowest BCUT2D eigenvalue weighted by molar-refractivity contribution is -0.255. The number of methoxy groups -OCH3 is 1. The van der Waals surface area contributed by atoms with Crippen molar-refractivity contribution >= 4 is 5.78 Å². The van der Waals surface area contributed by atoms with E-state index in [9.17, 15) is 4.79 Å². The van der Waals surface area contributed by atoms with Crippen LogP contribution in [0.3, 0.4) is 0 Å². The first-order chi connectivity index (χ1) is 12.7. The van der Waals surface area contributed by atoms with Crippen LogP contribution in [0.2, 0.25) is 0 Å². The van der Waals surface area contributed by atoms with E-state index in [0.29, 0.717) is 13.2 Å². The highest BCUT2D eigenvalue weighted by Crippen LogP contribution is 2.24. The zero-order valence-corrected chi connectivity index (χ0v) is 15.0. The quantitative estimate of drug-likeness (QED) is 0.763. The second-order valence-corrected chi connectivity index (χ2v) is 6.28. The molecule has 1 unspecified atom stereocenters. The lowest BCUT2D eigenvalue weighted by Gasteiger charge is -2.37. The van der Waals surface area contributed by atoms with Crippen molar-refractivity contribution in [2.24, 2.45) is 0 Å². The maximum absolute atomic E-state index is 12.9. The first kappa shape index (κ1) is 18.7. The van der Waals surface area contributed by atoms with Gasteiger partial charge in [-0.05, 0) is 18.1 Å². The molecule has 5 nitrogen and oxygen atoms in total. The van der Waals surface area contributed by atoms with Crippen molar-refractivity contribution < 1.29 is 23.7 Å². The normalized spacial score (nSPS) is 26.0. The van der Waals surface area contributed by atoms with Gasteiger partial charge in [0.2, 0.25) is 0 Å². The first-order valence-corrected chi connectivity index (χ1v) is 8.72. The van der Waals surface area contributed by atoms with Gasteiger partial charge in [-0.2, -0.15) is 0 Å². The zero-order valence-electron chi connectivity index (χ0n) is 15.0. The maximum atomic E-state index is 12.9. The number of rotatable bonds is 7. The van der Waals surface area contributed by atoms with Crippen molar-refractivity contribution in [3.8, 4) is 0 Å². The third-order valence-electron chi connectivity index (χ3n) is 4.36. The van der Waals surface area contributed by atoms with E-state index in [1.54, 1.807) is 0 Å². The molecular weight excluding hydrogens is 332 g/mol. The molecule has 1 aliphatic rings. The number of hydrogen-bond donors (Lipinski definition) is 0. The van der Waals surface area contributed by atoms with Crippen LogP contribution in [0.15, 0.2) is 60.7 Å². The van der Waals surface area contributed by atoms with Crippen LogP contribution >= 0.6 is 0 Å². The minimum absolute atomic E-state index is 0.150. The molecule has 138 valence electrons. The molecule has 1 aliphatic heterocycles. The summed E-state index contributed by atoms with van der Waals surface area (Å²) in [5.41, 5.74) is 1.98. The maximum Gasteiger partial charge on any atom is 0.198 e. The summed E-state index contributed by atoms with van der Waals surface area (Å²) in [6.07, 6.45) is -2.66. The topological polar surface area (TPSA) is 54.0 Å². The average molecular weight is 356 g/mol. The zero-order chi connectivity index (χ0) is 18.4. The van der Waals surface area contributed by atoms with Crippen LogP contribution < -0.4 is 0 Å². The molecule has 0 radical (unpaired) electrons. The summed E-state index contributed by atoms with van der Waals surface area (Å²) in [5, 5.41) is 0. The minimum atomic E-state index is -0.822. The summed E-state index contributed by atoms with van der Waals surface area (Å²) in [5.74, 6) is -0.150. The van der Waals surface area contributed by atoms with Crippen molar-refractivity contribution in [2.75, 3.05) is 7.11 Å². The van der Waals surface area contributed by atoms with Gasteiger partial charge in [-0.3, -0.25) is 4.79 Å². The summed E-state index contributed by atoms with van der Waals surface area (Å²) in [6.45, 7) is 2.46. The number of Topliss-reactive ketones (excluding diaryl/α,β-unsaturated/α-hetero) is 1. The second-order valence-electron chi connectivity index (χ2n) is 6.28. The fourth-order valence-electron chi connectivity index (χ4n) is 2.96. The van der Waals surface area contributed by atoms with Crippen LogP contribution in [0.4, 0.5) is 0 Å². The molecule has 0 aromatic heterocycles. The highest BCUT2D eigenvalue weighted by molar-refractivity contribution is 5.89. The Morgan fingerprint density at radius 1 is 0.846 bits per heavy atom. The van der Waals surface area contributed by atoms with Crippen molar-refractivity contribution in [1.29, 1.82) is 0 Å². The van der Waals surface area contributed by atoms with Gasteiger partial charge in [0.15, 0.2) is 18.2 Å². The summed E-state index contributed by atoms with van der Waals surface area (Å²) in [7, 11) is 1.51. The number of ether oxygens (including phenoxy) is 4. The molecule has 4 atom stereocenters. The molecule has 1 saturated heterocycles. The molecule has 0 spiro atoms. The van der Waals surface area contributed by atoms with E-state index >= 15 is 0 Å². The van der Waals surface area contributed by atoms with Crippen LogP contribution in [-0.2, 0) is 37.0 Å². The van der Waals surface area contributed by atoms with Gasteiger partial charge < -0.3 is 18.9 Å².